The van der Waals surface area contributed by atoms with Crippen molar-refractivity contribution < 1.29 is 23.5 Å². The smallest absolute Gasteiger partial charge is 0.328 e. The van der Waals surface area contributed by atoms with E-state index in [0.29, 0.717) is 12.1 Å². The maximum Gasteiger partial charge on any atom is 0.328 e. The van der Waals surface area contributed by atoms with Crippen molar-refractivity contribution in [1.29, 1.82) is 0 Å². The number of carbonyl (C=O) groups is 3. The van der Waals surface area contributed by atoms with E-state index in [4.69, 9.17) is 0 Å². The van der Waals surface area contributed by atoms with E-state index in [0.717, 1.165) is 38.8 Å². The van der Waals surface area contributed by atoms with E-state index in [-0.39, 0.29) is 10.7 Å². The molecule has 0 N–H and O–H groups in total. The minimum Gasteiger partial charge on any atom is -0.467 e. The average Bonchev–Trinajstić information content (AvgIpc) is 3.22. The molecule has 164 valence electrons. The van der Waals surface area contributed by atoms with Crippen LogP contribution in [0, 0.1) is 12.7 Å². The van der Waals surface area contributed by atoms with Gasteiger partial charge in [0.05, 0.1) is 18.6 Å². The summed E-state index contributed by atoms with van der Waals surface area (Å²) >= 11 is 0.787. The van der Waals surface area contributed by atoms with Gasteiger partial charge in [0.1, 0.15) is 11.9 Å². The summed E-state index contributed by atoms with van der Waals surface area (Å²) in [5.41, 5.74) is 3.05. The van der Waals surface area contributed by atoms with Crippen LogP contribution in [0.2, 0.25) is 0 Å². The fourth-order valence-electron chi connectivity index (χ4n) is 3.86. The zero-order valence-corrected chi connectivity index (χ0v) is 18.6. The molecule has 0 bridgehead atoms. The Labute approximate surface area is 188 Å². The molecule has 0 aliphatic carbocycles. The first-order valence-corrected chi connectivity index (χ1v) is 10.8. The summed E-state index contributed by atoms with van der Waals surface area (Å²) in [6, 6.07) is 13.2. The third kappa shape index (κ3) is 3.71. The molecule has 2 amide bonds. The SMILES string of the molecule is COC(=O)[C@H](C)N1C(=O)S/C(=C/c2c(C)n(Cc3ccccc3F)c3ccccc23)C1=O. The van der Waals surface area contributed by atoms with Crippen molar-refractivity contribution in [3.63, 3.8) is 0 Å². The molecule has 1 fully saturated rings. The van der Waals surface area contributed by atoms with E-state index in [1.165, 1.54) is 20.1 Å². The number of nitrogens with zero attached hydrogens (tertiary/aromatic N) is 2. The second kappa shape index (κ2) is 8.63. The predicted octanol–water partition coefficient (Wildman–Crippen LogP) is 4.73. The number of ether oxygens (including phenoxy) is 1. The normalized spacial score (nSPS) is 16.2. The Morgan fingerprint density at radius 2 is 1.84 bits per heavy atom. The van der Waals surface area contributed by atoms with Gasteiger partial charge in [0.25, 0.3) is 11.1 Å². The summed E-state index contributed by atoms with van der Waals surface area (Å²) in [5.74, 6) is -1.49. The van der Waals surface area contributed by atoms with Crippen LogP contribution in [-0.2, 0) is 20.9 Å². The maximum atomic E-state index is 14.3. The lowest BCUT2D eigenvalue weighted by molar-refractivity contribution is -0.148. The van der Waals surface area contributed by atoms with Gasteiger partial charge in [0.15, 0.2) is 0 Å². The second-order valence-electron chi connectivity index (χ2n) is 7.44. The van der Waals surface area contributed by atoms with Crippen LogP contribution < -0.4 is 0 Å². The number of hydrogen-bond acceptors (Lipinski definition) is 5. The van der Waals surface area contributed by atoms with Gasteiger partial charge in [-0.05, 0) is 43.8 Å². The molecule has 0 spiro atoms. The lowest BCUT2D eigenvalue weighted by atomic mass is 10.1. The van der Waals surface area contributed by atoms with Crippen LogP contribution in [0.3, 0.4) is 0 Å². The van der Waals surface area contributed by atoms with Crippen LogP contribution in [0.4, 0.5) is 9.18 Å². The second-order valence-corrected chi connectivity index (χ2v) is 8.44. The standard InChI is InChI=1S/C24H21FN2O4S/c1-14-18(12-21-22(28)27(24(30)32-21)15(2)23(29)31-3)17-9-5-7-11-20(17)26(14)13-16-8-4-6-10-19(16)25/h4-12,15H,13H2,1-3H3/b21-12+/t15-/m0/s1. The fourth-order valence-corrected chi connectivity index (χ4v) is 4.75. The van der Waals surface area contributed by atoms with Crippen LogP contribution >= 0.6 is 11.8 Å². The molecule has 8 heteroatoms. The topological polar surface area (TPSA) is 68.6 Å². The fraction of sp³-hybridized carbons (Fsp3) is 0.208. The summed E-state index contributed by atoms with van der Waals surface area (Å²) in [6.07, 6.45) is 1.67. The number of thioether (sulfide) groups is 1. The van der Waals surface area contributed by atoms with E-state index >= 15 is 0 Å². The van der Waals surface area contributed by atoms with Crippen molar-refractivity contribution in [2.75, 3.05) is 7.11 Å². The van der Waals surface area contributed by atoms with E-state index in [2.05, 4.69) is 4.74 Å². The summed E-state index contributed by atoms with van der Waals surface area (Å²) in [4.78, 5) is 38.4. The highest BCUT2D eigenvalue weighted by Crippen LogP contribution is 2.37. The van der Waals surface area contributed by atoms with Crippen LogP contribution in [0.1, 0.15) is 23.7 Å². The predicted molar refractivity (Wildman–Crippen MR) is 121 cm³/mol. The summed E-state index contributed by atoms with van der Waals surface area (Å²) in [5, 5.41) is 0.362. The number of para-hydroxylation sites is 1. The molecule has 2 aromatic carbocycles. The molecule has 32 heavy (non-hydrogen) atoms. The number of fused-ring (bicyclic) bond motifs is 1. The van der Waals surface area contributed by atoms with Crippen LogP contribution in [0.25, 0.3) is 17.0 Å². The highest BCUT2D eigenvalue weighted by Gasteiger charge is 2.41. The maximum absolute atomic E-state index is 14.3. The molecule has 0 saturated carbocycles. The number of carbonyl (C=O) groups excluding carboxylic acids is 3. The lowest BCUT2D eigenvalue weighted by Gasteiger charge is -2.18. The quantitative estimate of drug-likeness (QED) is 0.413. The highest BCUT2D eigenvalue weighted by atomic mass is 32.2. The van der Waals surface area contributed by atoms with Crippen molar-refractivity contribution >= 4 is 45.9 Å². The van der Waals surface area contributed by atoms with Crippen LogP contribution in [0.5, 0.6) is 0 Å². The first-order chi connectivity index (χ1) is 15.3. The molecular formula is C24H21FN2O4S. The van der Waals surface area contributed by atoms with Crippen molar-refractivity contribution in [2.24, 2.45) is 0 Å². The first-order valence-electron chi connectivity index (χ1n) is 9.99. The van der Waals surface area contributed by atoms with Gasteiger partial charge in [-0.3, -0.25) is 14.5 Å². The Kier molecular flexibility index (Phi) is 5.88. The van der Waals surface area contributed by atoms with Crippen molar-refractivity contribution in [2.45, 2.75) is 26.4 Å². The van der Waals surface area contributed by atoms with Crippen molar-refractivity contribution in [3.05, 3.63) is 76.1 Å². The van der Waals surface area contributed by atoms with E-state index < -0.39 is 23.2 Å². The third-order valence-electron chi connectivity index (χ3n) is 5.59. The van der Waals surface area contributed by atoms with E-state index in [9.17, 15) is 18.8 Å². The first kappa shape index (κ1) is 21.8. The molecule has 1 aromatic heterocycles. The Morgan fingerprint density at radius 3 is 2.56 bits per heavy atom. The Morgan fingerprint density at radius 1 is 1.16 bits per heavy atom. The molecule has 1 saturated heterocycles. The number of amides is 2. The third-order valence-corrected chi connectivity index (χ3v) is 6.48. The lowest BCUT2D eigenvalue weighted by Crippen LogP contribution is -2.42. The van der Waals surface area contributed by atoms with Crippen molar-refractivity contribution in [3.8, 4) is 0 Å². The monoisotopic (exact) mass is 452 g/mol. The molecule has 1 aliphatic heterocycles. The molecule has 3 aromatic rings. The van der Waals surface area contributed by atoms with Gasteiger partial charge in [-0.15, -0.1) is 0 Å². The minimum atomic E-state index is -1.01. The van der Waals surface area contributed by atoms with E-state index in [1.807, 2.05) is 35.8 Å². The number of aromatic nitrogens is 1. The molecule has 2 heterocycles. The molecular weight excluding hydrogens is 431 g/mol. The molecule has 0 radical (unpaired) electrons. The van der Waals surface area contributed by atoms with Crippen molar-refractivity contribution in [1.82, 2.24) is 9.47 Å². The van der Waals surface area contributed by atoms with Crippen LogP contribution in [-0.4, -0.2) is 39.7 Å². The Balaban J connectivity index is 1.77. The van der Waals surface area contributed by atoms with Gasteiger partial charge in [-0.2, -0.15) is 0 Å². The molecule has 6 nitrogen and oxygen atoms in total. The van der Waals surface area contributed by atoms with Crippen LogP contribution in [0.15, 0.2) is 53.4 Å². The van der Waals surface area contributed by atoms with Gasteiger partial charge in [0.2, 0.25) is 0 Å². The van der Waals surface area contributed by atoms with Gasteiger partial charge in [0, 0.05) is 27.7 Å². The minimum absolute atomic E-state index is 0.225. The Bertz CT molecular complexity index is 1280. The van der Waals surface area contributed by atoms with Gasteiger partial charge in [-0.1, -0.05) is 36.4 Å². The summed E-state index contributed by atoms with van der Waals surface area (Å²) in [6.45, 7) is 3.68. The van der Waals surface area contributed by atoms with Gasteiger partial charge < -0.3 is 9.30 Å². The summed E-state index contributed by atoms with van der Waals surface area (Å²) in [7, 11) is 1.21. The zero-order chi connectivity index (χ0) is 23.0. The van der Waals surface area contributed by atoms with E-state index in [1.54, 1.807) is 24.3 Å². The molecule has 1 aliphatic rings. The number of benzene rings is 2. The van der Waals surface area contributed by atoms with Gasteiger partial charge in [-0.25, -0.2) is 9.18 Å². The Hall–Kier alpha value is -3.39. The number of esters is 1. The van der Waals surface area contributed by atoms with Gasteiger partial charge >= 0.3 is 5.97 Å². The largest absolute Gasteiger partial charge is 0.467 e. The summed E-state index contributed by atoms with van der Waals surface area (Å²) < 4.78 is 21.0. The zero-order valence-electron chi connectivity index (χ0n) is 17.8. The molecule has 4 rings (SSSR count). The number of rotatable bonds is 5. The molecule has 1 atom stereocenters. The average molecular weight is 453 g/mol. The highest BCUT2D eigenvalue weighted by molar-refractivity contribution is 8.18. The number of halogens is 1. The number of hydrogen-bond donors (Lipinski definition) is 0. The number of imide groups is 1. The number of methoxy groups -OCH3 is 1. The molecule has 0 unspecified atom stereocenters.